The molecule has 6 nitrogen and oxygen atoms in total. The van der Waals surface area contributed by atoms with Crippen LogP contribution in [0.1, 0.15) is 12.5 Å². The molecule has 0 aliphatic rings. The summed E-state index contributed by atoms with van der Waals surface area (Å²) in [5.74, 6) is 0.648. The fourth-order valence-corrected chi connectivity index (χ4v) is 1.17. The standard InChI is InChI=1S/C10H15N3O3/c1-7-4-9(13(14)15)6-12-10(7)11-5-8(2)16-3/h4,6,8H,5H2,1-3H3,(H,11,12). The molecule has 1 unspecified atom stereocenters. The molecule has 0 saturated heterocycles. The first-order valence-electron chi connectivity index (χ1n) is 4.92. The molecule has 1 N–H and O–H groups in total. The minimum Gasteiger partial charge on any atom is -0.380 e. The molecule has 1 aromatic rings. The topological polar surface area (TPSA) is 77.3 Å². The van der Waals surface area contributed by atoms with Gasteiger partial charge in [0.25, 0.3) is 5.69 Å². The SMILES string of the molecule is COC(C)CNc1ncc([N+](=O)[O-])cc1C. The molecule has 1 heterocycles. The molecule has 6 heteroatoms. The second-order valence-corrected chi connectivity index (χ2v) is 3.54. The van der Waals surface area contributed by atoms with Crippen molar-refractivity contribution < 1.29 is 9.66 Å². The molecular formula is C10H15N3O3. The Bertz CT molecular complexity index is 382. The number of ether oxygens (including phenoxy) is 1. The van der Waals surface area contributed by atoms with Gasteiger partial charge in [0.05, 0.1) is 11.0 Å². The van der Waals surface area contributed by atoms with Gasteiger partial charge in [-0.05, 0) is 19.4 Å². The summed E-state index contributed by atoms with van der Waals surface area (Å²) in [5.41, 5.74) is 0.750. The highest BCUT2D eigenvalue weighted by Crippen LogP contribution is 2.17. The molecular weight excluding hydrogens is 210 g/mol. The number of nitrogens with zero attached hydrogens (tertiary/aromatic N) is 2. The van der Waals surface area contributed by atoms with Gasteiger partial charge in [-0.25, -0.2) is 4.98 Å². The number of anilines is 1. The zero-order chi connectivity index (χ0) is 12.1. The van der Waals surface area contributed by atoms with E-state index in [1.165, 1.54) is 12.3 Å². The number of nitrogens with one attached hydrogen (secondary N) is 1. The van der Waals surface area contributed by atoms with Gasteiger partial charge in [0, 0.05) is 19.7 Å². The molecule has 1 rings (SSSR count). The lowest BCUT2D eigenvalue weighted by atomic mass is 10.2. The Hall–Kier alpha value is -1.69. The number of methoxy groups -OCH3 is 1. The van der Waals surface area contributed by atoms with Crippen LogP contribution in [0.15, 0.2) is 12.3 Å². The van der Waals surface area contributed by atoms with Crippen molar-refractivity contribution in [3.63, 3.8) is 0 Å². The van der Waals surface area contributed by atoms with E-state index in [1.807, 2.05) is 6.92 Å². The molecule has 0 aliphatic heterocycles. The van der Waals surface area contributed by atoms with Gasteiger partial charge in [0.1, 0.15) is 12.0 Å². The summed E-state index contributed by atoms with van der Waals surface area (Å²) in [6, 6.07) is 1.49. The van der Waals surface area contributed by atoms with Gasteiger partial charge in [0.2, 0.25) is 0 Å². The summed E-state index contributed by atoms with van der Waals surface area (Å²) in [6.45, 7) is 4.32. The van der Waals surface area contributed by atoms with Crippen LogP contribution in [0.5, 0.6) is 0 Å². The van der Waals surface area contributed by atoms with Crippen LogP contribution >= 0.6 is 0 Å². The molecule has 0 fully saturated rings. The van der Waals surface area contributed by atoms with Crippen molar-refractivity contribution >= 4 is 11.5 Å². The van der Waals surface area contributed by atoms with Crippen LogP contribution in [-0.4, -0.2) is 29.7 Å². The Morgan fingerprint density at radius 1 is 1.69 bits per heavy atom. The molecule has 0 amide bonds. The van der Waals surface area contributed by atoms with Crippen molar-refractivity contribution in [2.45, 2.75) is 20.0 Å². The van der Waals surface area contributed by atoms with Crippen LogP contribution in [0, 0.1) is 17.0 Å². The summed E-state index contributed by atoms with van der Waals surface area (Å²) in [4.78, 5) is 14.0. The van der Waals surface area contributed by atoms with Crippen LogP contribution < -0.4 is 5.32 Å². The Morgan fingerprint density at radius 3 is 2.88 bits per heavy atom. The highest BCUT2D eigenvalue weighted by atomic mass is 16.6. The monoisotopic (exact) mass is 225 g/mol. The minimum absolute atomic E-state index is 0.00263. The van der Waals surface area contributed by atoms with Gasteiger partial charge < -0.3 is 10.1 Å². The van der Waals surface area contributed by atoms with Crippen LogP contribution in [0.25, 0.3) is 0 Å². The zero-order valence-corrected chi connectivity index (χ0v) is 9.56. The first-order valence-corrected chi connectivity index (χ1v) is 4.92. The van der Waals surface area contributed by atoms with Crippen molar-refractivity contribution in [2.24, 2.45) is 0 Å². The van der Waals surface area contributed by atoms with Crippen molar-refractivity contribution in [1.29, 1.82) is 0 Å². The van der Waals surface area contributed by atoms with Crippen molar-refractivity contribution in [3.05, 3.63) is 27.9 Å². The Morgan fingerprint density at radius 2 is 2.38 bits per heavy atom. The number of hydrogen-bond donors (Lipinski definition) is 1. The van der Waals surface area contributed by atoms with Crippen molar-refractivity contribution in [1.82, 2.24) is 4.98 Å². The molecule has 88 valence electrons. The molecule has 0 radical (unpaired) electrons. The lowest BCUT2D eigenvalue weighted by molar-refractivity contribution is -0.385. The van der Waals surface area contributed by atoms with Gasteiger partial charge in [-0.2, -0.15) is 0 Å². The van der Waals surface area contributed by atoms with Crippen LogP contribution in [0.4, 0.5) is 11.5 Å². The predicted octanol–water partition coefficient (Wildman–Crippen LogP) is 1.75. The lowest BCUT2D eigenvalue weighted by Crippen LogP contribution is -2.19. The van der Waals surface area contributed by atoms with Crippen LogP contribution in [-0.2, 0) is 4.74 Å². The van der Waals surface area contributed by atoms with E-state index in [0.717, 1.165) is 5.56 Å². The van der Waals surface area contributed by atoms with Gasteiger partial charge in [-0.1, -0.05) is 0 Å². The largest absolute Gasteiger partial charge is 0.380 e. The molecule has 1 aromatic heterocycles. The third kappa shape index (κ3) is 3.16. The van der Waals surface area contributed by atoms with Crippen molar-refractivity contribution in [3.8, 4) is 0 Å². The second-order valence-electron chi connectivity index (χ2n) is 3.54. The number of aryl methyl sites for hydroxylation is 1. The molecule has 0 aliphatic carbocycles. The molecule has 0 saturated carbocycles. The van der Waals surface area contributed by atoms with Crippen molar-refractivity contribution in [2.75, 3.05) is 19.0 Å². The molecule has 16 heavy (non-hydrogen) atoms. The number of aromatic nitrogens is 1. The molecule has 1 atom stereocenters. The summed E-state index contributed by atoms with van der Waals surface area (Å²) in [6.07, 6.45) is 1.31. The van der Waals surface area contributed by atoms with E-state index >= 15 is 0 Å². The van der Waals surface area contributed by atoms with E-state index in [4.69, 9.17) is 4.74 Å². The fourth-order valence-electron chi connectivity index (χ4n) is 1.17. The lowest BCUT2D eigenvalue weighted by Gasteiger charge is -2.12. The summed E-state index contributed by atoms with van der Waals surface area (Å²) >= 11 is 0. The second kappa shape index (κ2) is 5.41. The Kier molecular flexibility index (Phi) is 4.19. The predicted molar refractivity (Wildman–Crippen MR) is 60.6 cm³/mol. The third-order valence-corrected chi connectivity index (χ3v) is 2.23. The maximum atomic E-state index is 10.5. The van der Waals surface area contributed by atoms with E-state index in [2.05, 4.69) is 10.3 Å². The van der Waals surface area contributed by atoms with E-state index < -0.39 is 4.92 Å². The van der Waals surface area contributed by atoms with Crippen LogP contribution in [0.2, 0.25) is 0 Å². The summed E-state index contributed by atoms with van der Waals surface area (Å²) in [5, 5.41) is 13.6. The Balaban J connectivity index is 2.72. The van der Waals surface area contributed by atoms with Gasteiger partial charge in [-0.3, -0.25) is 10.1 Å². The van der Waals surface area contributed by atoms with Gasteiger partial charge >= 0.3 is 0 Å². The fraction of sp³-hybridized carbons (Fsp3) is 0.500. The summed E-state index contributed by atoms with van der Waals surface area (Å²) < 4.78 is 5.08. The molecule has 0 spiro atoms. The number of hydrogen-bond acceptors (Lipinski definition) is 5. The highest BCUT2D eigenvalue weighted by molar-refractivity contribution is 5.48. The average molecular weight is 225 g/mol. The van der Waals surface area contributed by atoms with Gasteiger partial charge in [0.15, 0.2) is 0 Å². The number of nitro groups is 1. The first-order chi connectivity index (χ1) is 7.54. The molecule has 0 bridgehead atoms. The smallest absolute Gasteiger partial charge is 0.287 e. The third-order valence-electron chi connectivity index (χ3n) is 2.23. The summed E-state index contributed by atoms with van der Waals surface area (Å²) in [7, 11) is 1.63. The van der Waals surface area contributed by atoms with E-state index in [0.29, 0.717) is 12.4 Å². The highest BCUT2D eigenvalue weighted by Gasteiger charge is 2.09. The maximum absolute atomic E-state index is 10.5. The first kappa shape index (κ1) is 12.4. The quantitative estimate of drug-likeness (QED) is 0.610. The zero-order valence-electron chi connectivity index (χ0n) is 9.56. The number of rotatable bonds is 5. The Labute approximate surface area is 93.8 Å². The maximum Gasteiger partial charge on any atom is 0.287 e. The van der Waals surface area contributed by atoms with E-state index in [-0.39, 0.29) is 11.8 Å². The number of pyridine rings is 1. The van der Waals surface area contributed by atoms with Crippen LogP contribution in [0.3, 0.4) is 0 Å². The van der Waals surface area contributed by atoms with Gasteiger partial charge in [-0.15, -0.1) is 0 Å². The molecule has 0 aromatic carbocycles. The minimum atomic E-state index is -0.457. The normalized spacial score (nSPS) is 12.2. The van der Waals surface area contributed by atoms with E-state index in [1.54, 1.807) is 14.0 Å². The average Bonchev–Trinajstić information content (AvgIpc) is 2.26. The van der Waals surface area contributed by atoms with E-state index in [9.17, 15) is 10.1 Å².